The average molecular weight is 350 g/mol. The summed E-state index contributed by atoms with van der Waals surface area (Å²) in [5, 5.41) is 5.41. The smallest absolute Gasteiger partial charge is 0.275 e. The third-order valence-electron chi connectivity index (χ3n) is 4.22. The summed E-state index contributed by atoms with van der Waals surface area (Å²) >= 11 is 1.42. The van der Waals surface area contributed by atoms with Crippen molar-refractivity contribution in [2.75, 3.05) is 23.3 Å². The van der Waals surface area contributed by atoms with Gasteiger partial charge >= 0.3 is 0 Å². The first-order chi connectivity index (χ1) is 12.3. The molecule has 2 aromatic heterocycles. The molecule has 0 atom stereocenters. The van der Waals surface area contributed by atoms with Gasteiger partial charge in [-0.3, -0.25) is 9.78 Å². The molecule has 6 heteroatoms. The Bertz CT molecular complexity index is 855. The minimum Gasteiger partial charge on any atom is -0.372 e. The largest absolute Gasteiger partial charge is 0.372 e. The van der Waals surface area contributed by atoms with E-state index >= 15 is 0 Å². The molecule has 0 aliphatic carbocycles. The van der Waals surface area contributed by atoms with E-state index in [9.17, 15) is 4.79 Å². The summed E-state index contributed by atoms with van der Waals surface area (Å²) in [5.41, 5.74) is 3.18. The van der Waals surface area contributed by atoms with Crippen LogP contribution in [0.4, 0.5) is 11.4 Å². The maximum atomic E-state index is 12.4. The molecule has 0 spiro atoms. The predicted molar refractivity (Wildman–Crippen MR) is 101 cm³/mol. The second-order valence-corrected chi connectivity index (χ2v) is 6.81. The van der Waals surface area contributed by atoms with E-state index in [0.29, 0.717) is 5.69 Å². The minimum atomic E-state index is -0.202. The standard InChI is InChI=1S/C19H18N4OS/c24-18(17-13-25-19(22-17)16-5-1-2-10-20-16)21-14-6-8-15(9-7-14)23-11-3-4-12-23/h1-2,5-10,13H,3-4,11-12H2,(H,21,24). The van der Waals surface area contributed by atoms with Crippen molar-refractivity contribution in [1.82, 2.24) is 9.97 Å². The van der Waals surface area contributed by atoms with Gasteiger partial charge in [0.2, 0.25) is 0 Å². The Balaban J connectivity index is 1.44. The van der Waals surface area contributed by atoms with Crippen molar-refractivity contribution in [3.8, 4) is 10.7 Å². The zero-order valence-corrected chi connectivity index (χ0v) is 14.5. The third-order valence-corrected chi connectivity index (χ3v) is 5.08. The maximum absolute atomic E-state index is 12.4. The number of anilines is 2. The molecule has 0 bridgehead atoms. The molecule has 4 rings (SSSR count). The lowest BCUT2D eigenvalue weighted by Crippen LogP contribution is -2.17. The number of pyridine rings is 1. The van der Waals surface area contributed by atoms with Gasteiger partial charge in [0.25, 0.3) is 5.91 Å². The quantitative estimate of drug-likeness (QED) is 0.771. The summed E-state index contributed by atoms with van der Waals surface area (Å²) in [6.07, 6.45) is 4.22. The van der Waals surface area contributed by atoms with E-state index in [1.807, 2.05) is 30.3 Å². The van der Waals surface area contributed by atoms with Crippen LogP contribution in [-0.4, -0.2) is 29.0 Å². The molecule has 1 aliphatic heterocycles. The van der Waals surface area contributed by atoms with Crippen LogP contribution in [0.5, 0.6) is 0 Å². The molecule has 1 fully saturated rings. The number of hydrogen-bond donors (Lipinski definition) is 1. The lowest BCUT2D eigenvalue weighted by molar-refractivity contribution is 0.102. The molecule has 1 N–H and O–H groups in total. The van der Waals surface area contributed by atoms with Gasteiger partial charge in [-0.15, -0.1) is 11.3 Å². The van der Waals surface area contributed by atoms with Gasteiger partial charge in [0.05, 0.1) is 5.69 Å². The SMILES string of the molecule is O=C(Nc1ccc(N2CCCC2)cc1)c1csc(-c2ccccn2)n1. The van der Waals surface area contributed by atoms with Gasteiger partial charge in [-0.2, -0.15) is 0 Å². The normalized spacial score (nSPS) is 13.8. The summed E-state index contributed by atoms with van der Waals surface area (Å²) in [6.45, 7) is 2.22. The predicted octanol–water partition coefficient (Wildman–Crippen LogP) is 4.06. The van der Waals surface area contributed by atoms with Crippen LogP contribution in [0.3, 0.4) is 0 Å². The van der Waals surface area contributed by atoms with Crippen molar-refractivity contribution in [2.24, 2.45) is 0 Å². The summed E-state index contributed by atoms with van der Waals surface area (Å²) in [6, 6.07) is 13.7. The highest BCUT2D eigenvalue weighted by molar-refractivity contribution is 7.13. The fraction of sp³-hybridized carbons (Fsp3) is 0.211. The van der Waals surface area contributed by atoms with Crippen molar-refractivity contribution in [3.63, 3.8) is 0 Å². The van der Waals surface area contributed by atoms with E-state index in [-0.39, 0.29) is 5.91 Å². The second-order valence-electron chi connectivity index (χ2n) is 5.95. The van der Waals surface area contributed by atoms with Gasteiger partial charge in [-0.05, 0) is 49.2 Å². The zero-order valence-electron chi connectivity index (χ0n) is 13.7. The number of carbonyl (C=O) groups excluding carboxylic acids is 1. The Morgan fingerprint density at radius 3 is 2.60 bits per heavy atom. The second kappa shape index (κ2) is 7.03. The first-order valence-corrected chi connectivity index (χ1v) is 9.21. The third kappa shape index (κ3) is 3.53. The van der Waals surface area contributed by atoms with Crippen molar-refractivity contribution in [3.05, 3.63) is 59.7 Å². The van der Waals surface area contributed by atoms with Gasteiger partial charge in [0, 0.05) is 36.0 Å². The number of benzene rings is 1. The number of thiazole rings is 1. The number of carbonyl (C=O) groups is 1. The van der Waals surface area contributed by atoms with Crippen molar-refractivity contribution in [2.45, 2.75) is 12.8 Å². The molecule has 3 heterocycles. The minimum absolute atomic E-state index is 0.202. The molecule has 0 saturated carbocycles. The Morgan fingerprint density at radius 1 is 1.08 bits per heavy atom. The molecule has 1 saturated heterocycles. The maximum Gasteiger partial charge on any atom is 0.275 e. The van der Waals surface area contributed by atoms with Crippen molar-refractivity contribution >= 4 is 28.6 Å². The van der Waals surface area contributed by atoms with Crippen molar-refractivity contribution < 1.29 is 4.79 Å². The lowest BCUT2D eigenvalue weighted by atomic mass is 10.2. The van der Waals surface area contributed by atoms with Crippen molar-refractivity contribution in [1.29, 1.82) is 0 Å². The van der Waals surface area contributed by atoms with Crippen LogP contribution < -0.4 is 10.2 Å². The van der Waals surface area contributed by atoms with E-state index in [4.69, 9.17) is 0 Å². The highest BCUT2D eigenvalue weighted by Gasteiger charge is 2.14. The average Bonchev–Trinajstić information content (AvgIpc) is 3.35. The first kappa shape index (κ1) is 15.8. The molecule has 25 heavy (non-hydrogen) atoms. The van der Waals surface area contributed by atoms with E-state index in [1.165, 1.54) is 29.9 Å². The van der Waals surface area contributed by atoms with Gasteiger partial charge < -0.3 is 10.2 Å². The number of amides is 1. The van der Waals surface area contributed by atoms with E-state index < -0.39 is 0 Å². The Labute approximate surface area is 150 Å². The highest BCUT2D eigenvalue weighted by atomic mass is 32.1. The molecule has 1 aromatic carbocycles. The number of rotatable bonds is 4. The Hall–Kier alpha value is -2.73. The van der Waals surface area contributed by atoms with Crippen LogP contribution in [0, 0.1) is 0 Å². The Morgan fingerprint density at radius 2 is 1.88 bits per heavy atom. The highest BCUT2D eigenvalue weighted by Crippen LogP contribution is 2.24. The number of hydrogen-bond acceptors (Lipinski definition) is 5. The molecule has 0 unspecified atom stereocenters. The monoisotopic (exact) mass is 350 g/mol. The molecule has 3 aromatic rings. The fourth-order valence-corrected chi connectivity index (χ4v) is 3.69. The van der Waals surface area contributed by atoms with Crippen LogP contribution in [0.15, 0.2) is 54.0 Å². The molecular formula is C19H18N4OS. The molecular weight excluding hydrogens is 332 g/mol. The van der Waals surface area contributed by atoms with Gasteiger partial charge in [-0.25, -0.2) is 4.98 Å². The number of nitrogens with zero attached hydrogens (tertiary/aromatic N) is 3. The summed E-state index contributed by atoms with van der Waals surface area (Å²) in [7, 11) is 0. The Kier molecular flexibility index (Phi) is 4.43. The van der Waals surface area contributed by atoms with Gasteiger partial charge in [0.1, 0.15) is 10.7 Å². The van der Waals surface area contributed by atoms with Crippen LogP contribution in [-0.2, 0) is 0 Å². The molecule has 5 nitrogen and oxygen atoms in total. The lowest BCUT2D eigenvalue weighted by Gasteiger charge is -2.17. The van der Waals surface area contributed by atoms with E-state index in [2.05, 4.69) is 32.3 Å². The van der Waals surface area contributed by atoms with Crippen LogP contribution >= 0.6 is 11.3 Å². The fourth-order valence-electron chi connectivity index (χ4n) is 2.91. The molecule has 1 aliphatic rings. The van der Waals surface area contributed by atoms with Crippen LogP contribution in [0.25, 0.3) is 10.7 Å². The number of aromatic nitrogens is 2. The molecule has 1 amide bonds. The number of nitrogens with one attached hydrogen (secondary N) is 1. The summed E-state index contributed by atoms with van der Waals surface area (Å²) in [5.74, 6) is -0.202. The first-order valence-electron chi connectivity index (χ1n) is 8.33. The van der Waals surface area contributed by atoms with Gasteiger partial charge in [-0.1, -0.05) is 6.07 Å². The van der Waals surface area contributed by atoms with E-state index in [1.54, 1.807) is 11.6 Å². The summed E-state index contributed by atoms with van der Waals surface area (Å²) in [4.78, 5) is 23.4. The summed E-state index contributed by atoms with van der Waals surface area (Å²) < 4.78 is 0. The van der Waals surface area contributed by atoms with Crippen LogP contribution in [0.2, 0.25) is 0 Å². The van der Waals surface area contributed by atoms with Crippen LogP contribution in [0.1, 0.15) is 23.3 Å². The van der Waals surface area contributed by atoms with E-state index in [0.717, 1.165) is 29.5 Å². The van der Waals surface area contributed by atoms with Gasteiger partial charge in [0.15, 0.2) is 0 Å². The molecule has 0 radical (unpaired) electrons. The zero-order chi connectivity index (χ0) is 17.1. The molecule has 126 valence electrons. The topological polar surface area (TPSA) is 58.1 Å².